The number of carbonyl (C=O) groups is 2. The van der Waals surface area contributed by atoms with Gasteiger partial charge < -0.3 is 10.1 Å². The molecule has 1 N–H and O–H groups in total. The molecule has 0 radical (unpaired) electrons. The summed E-state index contributed by atoms with van der Waals surface area (Å²) in [6, 6.07) is 6.38. The molecule has 3 rings (SSSR count). The minimum absolute atomic E-state index is 0.0743. The van der Waals surface area contributed by atoms with Crippen LogP contribution in [0.2, 0.25) is 5.02 Å². The van der Waals surface area contributed by atoms with Crippen molar-refractivity contribution in [3.8, 4) is 5.75 Å². The minimum Gasteiger partial charge on any atom is -0.482 e. The maximum Gasteiger partial charge on any atom is 0.262 e. The van der Waals surface area contributed by atoms with Crippen molar-refractivity contribution in [2.45, 2.75) is 0 Å². The Labute approximate surface area is 119 Å². The van der Waals surface area contributed by atoms with Crippen molar-refractivity contribution in [3.05, 3.63) is 52.8 Å². The van der Waals surface area contributed by atoms with Gasteiger partial charge in [0.2, 0.25) is 0 Å². The first-order valence-corrected chi connectivity index (χ1v) is 6.24. The van der Waals surface area contributed by atoms with Gasteiger partial charge in [-0.3, -0.25) is 14.6 Å². The number of anilines is 1. The predicted molar refractivity (Wildman–Crippen MR) is 73.2 cm³/mol. The summed E-state index contributed by atoms with van der Waals surface area (Å²) >= 11 is 6.11. The van der Waals surface area contributed by atoms with E-state index in [1.807, 2.05) is 0 Å². The topological polar surface area (TPSA) is 68.3 Å². The molecule has 0 aliphatic carbocycles. The summed E-state index contributed by atoms with van der Waals surface area (Å²) in [6.07, 6.45) is 3.06. The van der Waals surface area contributed by atoms with E-state index >= 15 is 0 Å². The number of rotatable bonds is 2. The van der Waals surface area contributed by atoms with Gasteiger partial charge in [0.1, 0.15) is 5.75 Å². The van der Waals surface area contributed by atoms with Crippen molar-refractivity contribution in [1.82, 2.24) is 4.98 Å². The Hall–Kier alpha value is -2.40. The normalized spacial score (nSPS) is 13.2. The van der Waals surface area contributed by atoms with Crippen LogP contribution >= 0.6 is 11.6 Å². The highest BCUT2D eigenvalue weighted by Gasteiger charge is 2.21. The average molecular weight is 289 g/mol. The molecule has 0 saturated heterocycles. The van der Waals surface area contributed by atoms with E-state index in [0.717, 1.165) is 0 Å². The van der Waals surface area contributed by atoms with Crippen LogP contribution in [0, 0.1) is 0 Å². The molecule has 1 aliphatic rings. The van der Waals surface area contributed by atoms with Gasteiger partial charge in [-0.2, -0.15) is 0 Å². The predicted octanol–water partition coefficient (Wildman–Crippen LogP) is 2.30. The summed E-state index contributed by atoms with van der Waals surface area (Å²) in [4.78, 5) is 27.5. The average Bonchev–Trinajstić information content (AvgIpc) is 2.46. The number of benzene rings is 1. The van der Waals surface area contributed by atoms with E-state index in [-0.39, 0.29) is 23.3 Å². The van der Waals surface area contributed by atoms with E-state index in [1.165, 1.54) is 18.3 Å². The van der Waals surface area contributed by atoms with E-state index in [4.69, 9.17) is 16.3 Å². The number of pyridine rings is 1. The molecule has 0 unspecified atom stereocenters. The second-order valence-corrected chi connectivity index (χ2v) is 4.64. The summed E-state index contributed by atoms with van der Waals surface area (Å²) in [5, 5.41) is 2.89. The summed E-state index contributed by atoms with van der Waals surface area (Å²) in [5.74, 6) is -0.0625. The maximum atomic E-state index is 12.3. The van der Waals surface area contributed by atoms with Gasteiger partial charge in [-0.15, -0.1) is 0 Å². The number of halogens is 1. The van der Waals surface area contributed by atoms with Gasteiger partial charge >= 0.3 is 0 Å². The molecule has 2 aromatic rings. The summed E-state index contributed by atoms with van der Waals surface area (Å²) < 4.78 is 5.28. The Morgan fingerprint density at radius 1 is 1.40 bits per heavy atom. The third kappa shape index (κ3) is 2.23. The van der Waals surface area contributed by atoms with Crippen LogP contribution in [-0.4, -0.2) is 23.3 Å². The van der Waals surface area contributed by atoms with E-state index in [1.54, 1.807) is 18.3 Å². The highest BCUT2D eigenvalue weighted by Crippen LogP contribution is 2.34. The zero-order valence-electron chi connectivity index (χ0n) is 10.2. The van der Waals surface area contributed by atoms with Crippen molar-refractivity contribution in [2.24, 2.45) is 0 Å². The number of nitrogens with zero attached hydrogens (tertiary/aromatic N) is 1. The Kier molecular flexibility index (Phi) is 3.12. The molecule has 0 fully saturated rings. The fraction of sp³-hybridized carbons (Fsp3) is 0.0714. The van der Waals surface area contributed by atoms with Gasteiger partial charge in [-0.1, -0.05) is 11.6 Å². The van der Waals surface area contributed by atoms with Gasteiger partial charge in [0.25, 0.3) is 5.91 Å². The molecule has 1 aromatic carbocycles. The molecule has 0 bridgehead atoms. The Balaban J connectivity index is 2.03. The van der Waals surface area contributed by atoms with Crippen LogP contribution in [0.25, 0.3) is 0 Å². The highest BCUT2D eigenvalue weighted by molar-refractivity contribution is 6.35. The van der Waals surface area contributed by atoms with Crippen molar-refractivity contribution in [2.75, 3.05) is 11.9 Å². The lowest BCUT2D eigenvalue weighted by molar-refractivity contribution is -0.118. The smallest absolute Gasteiger partial charge is 0.262 e. The number of aromatic nitrogens is 1. The Bertz CT molecular complexity index is 701. The van der Waals surface area contributed by atoms with Crippen molar-refractivity contribution in [1.29, 1.82) is 0 Å². The molecule has 0 atom stereocenters. The SMILES string of the molecule is O=C1COc2cc(C(=O)c3cccnc3)c(Cl)cc2N1. The number of carbonyl (C=O) groups excluding carboxylic acids is 2. The molecule has 20 heavy (non-hydrogen) atoms. The first kappa shape index (κ1) is 12.6. The van der Waals surface area contributed by atoms with Crippen molar-refractivity contribution < 1.29 is 14.3 Å². The molecule has 0 spiro atoms. The molecule has 6 heteroatoms. The van der Waals surface area contributed by atoms with Gasteiger partial charge in [-0.05, 0) is 24.3 Å². The first-order chi connectivity index (χ1) is 9.65. The first-order valence-electron chi connectivity index (χ1n) is 5.86. The fourth-order valence-corrected chi connectivity index (χ4v) is 2.18. The monoisotopic (exact) mass is 288 g/mol. The molecule has 1 aliphatic heterocycles. The fourth-order valence-electron chi connectivity index (χ4n) is 1.93. The molecule has 100 valence electrons. The van der Waals surface area contributed by atoms with Gasteiger partial charge in [-0.25, -0.2) is 0 Å². The lowest BCUT2D eigenvalue weighted by Crippen LogP contribution is -2.25. The van der Waals surface area contributed by atoms with E-state index < -0.39 is 0 Å². The Morgan fingerprint density at radius 3 is 3.00 bits per heavy atom. The van der Waals surface area contributed by atoms with E-state index in [2.05, 4.69) is 10.3 Å². The number of hydrogen-bond donors (Lipinski definition) is 1. The summed E-state index contributed by atoms with van der Waals surface area (Å²) in [6.45, 7) is -0.0743. The number of hydrogen-bond acceptors (Lipinski definition) is 4. The van der Waals surface area contributed by atoms with Gasteiger partial charge in [0.15, 0.2) is 12.4 Å². The standard InChI is InChI=1S/C14H9ClN2O3/c15-10-5-11-12(20-7-13(18)17-11)4-9(10)14(19)8-2-1-3-16-6-8/h1-6H,7H2,(H,17,18). The van der Waals surface area contributed by atoms with Crippen LogP contribution in [0.15, 0.2) is 36.7 Å². The van der Waals surface area contributed by atoms with Crippen molar-refractivity contribution >= 4 is 29.0 Å². The minimum atomic E-state index is -0.250. The number of ketones is 1. The quantitative estimate of drug-likeness (QED) is 0.861. The molecule has 1 amide bonds. The number of amides is 1. The molecular weight excluding hydrogens is 280 g/mol. The Morgan fingerprint density at radius 2 is 2.25 bits per heavy atom. The van der Waals surface area contributed by atoms with E-state index in [0.29, 0.717) is 22.6 Å². The second kappa shape index (κ2) is 4.94. The summed E-state index contributed by atoms with van der Waals surface area (Å²) in [5.41, 5.74) is 1.22. The molecule has 2 heterocycles. The van der Waals surface area contributed by atoms with Gasteiger partial charge in [0, 0.05) is 23.5 Å². The largest absolute Gasteiger partial charge is 0.482 e. The van der Waals surface area contributed by atoms with Crippen LogP contribution in [0.3, 0.4) is 0 Å². The van der Waals surface area contributed by atoms with Crippen LogP contribution in [-0.2, 0) is 4.79 Å². The molecule has 1 aromatic heterocycles. The third-order valence-corrected chi connectivity index (χ3v) is 3.18. The van der Waals surface area contributed by atoms with Crippen LogP contribution in [0.4, 0.5) is 5.69 Å². The summed E-state index contributed by atoms with van der Waals surface area (Å²) in [7, 11) is 0. The lowest BCUT2D eigenvalue weighted by Gasteiger charge is -2.19. The van der Waals surface area contributed by atoms with Gasteiger partial charge in [0.05, 0.1) is 10.7 Å². The van der Waals surface area contributed by atoms with Crippen molar-refractivity contribution in [3.63, 3.8) is 0 Å². The maximum absolute atomic E-state index is 12.3. The zero-order chi connectivity index (χ0) is 14.1. The van der Waals surface area contributed by atoms with Crippen LogP contribution in [0.1, 0.15) is 15.9 Å². The number of nitrogens with one attached hydrogen (secondary N) is 1. The number of fused-ring (bicyclic) bond motifs is 1. The van der Waals surface area contributed by atoms with Crippen LogP contribution in [0.5, 0.6) is 5.75 Å². The zero-order valence-corrected chi connectivity index (χ0v) is 11.0. The molecule has 0 saturated carbocycles. The third-order valence-electron chi connectivity index (χ3n) is 2.87. The lowest BCUT2D eigenvalue weighted by atomic mass is 10.0. The number of ether oxygens (including phenoxy) is 1. The van der Waals surface area contributed by atoms with Crippen LogP contribution < -0.4 is 10.1 Å². The highest BCUT2D eigenvalue weighted by atomic mass is 35.5. The molecular formula is C14H9ClN2O3. The molecule has 5 nitrogen and oxygen atoms in total. The second-order valence-electron chi connectivity index (χ2n) is 4.24. The van der Waals surface area contributed by atoms with E-state index in [9.17, 15) is 9.59 Å².